The SMILES string of the molecule is Cc1nccc(NCl)n1. The average Bonchev–Trinajstić information content (AvgIpc) is 1.88. The van der Waals surface area contributed by atoms with Gasteiger partial charge in [0.15, 0.2) is 0 Å². The number of nitrogens with zero attached hydrogens (tertiary/aromatic N) is 2. The van der Waals surface area contributed by atoms with E-state index in [1.54, 1.807) is 19.2 Å². The van der Waals surface area contributed by atoms with Crippen molar-refractivity contribution in [1.29, 1.82) is 0 Å². The molecule has 1 heterocycles. The highest BCUT2D eigenvalue weighted by Crippen LogP contribution is 2.00. The fraction of sp³-hybridized carbons (Fsp3) is 0.200. The number of aromatic nitrogens is 2. The average molecular weight is 144 g/mol. The zero-order valence-corrected chi connectivity index (χ0v) is 5.68. The minimum atomic E-state index is 0.629. The molecule has 0 aliphatic rings. The van der Waals surface area contributed by atoms with Crippen LogP contribution >= 0.6 is 11.8 Å². The second-order valence-electron chi connectivity index (χ2n) is 1.58. The Kier molecular flexibility index (Phi) is 1.85. The molecule has 0 saturated heterocycles. The number of anilines is 1. The van der Waals surface area contributed by atoms with Gasteiger partial charge in [0, 0.05) is 24.0 Å². The molecule has 0 atom stereocenters. The van der Waals surface area contributed by atoms with E-state index >= 15 is 0 Å². The Balaban J connectivity index is 2.94. The number of hydrogen-bond acceptors (Lipinski definition) is 3. The van der Waals surface area contributed by atoms with Gasteiger partial charge in [0.05, 0.1) is 0 Å². The predicted molar refractivity (Wildman–Crippen MR) is 36.2 cm³/mol. The molecule has 0 spiro atoms. The molecule has 1 aromatic heterocycles. The van der Waals surface area contributed by atoms with Crippen molar-refractivity contribution in [1.82, 2.24) is 9.97 Å². The summed E-state index contributed by atoms with van der Waals surface area (Å²) in [6.07, 6.45) is 1.65. The van der Waals surface area contributed by atoms with Crippen LogP contribution in [0, 0.1) is 6.92 Å². The van der Waals surface area contributed by atoms with Crippen LogP contribution < -0.4 is 4.84 Å². The van der Waals surface area contributed by atoms with Gasteiger partial charge in [-0.2, -0.15) is 0 Å². The molecule has 48 valence electrons. The summed E-state index contributed by atoms with van der Waals surface area (Å²) >= 11 is 5.26. The minimum Gasteiger partial charge on any atom is -0.282 e. The van der Waals surface area contributed by atoms with Crippen molar-refractivity contribution in [2.24, 2.45) is 0 Å². The Labute approximate surface area is 58.2 Å². The van der Waals surface area contributed by atoms with E-state index in [0.29, 0.717) is 11.6 Å². The molecular weight excluding hydrogens is 138 g/mol. The fourth-order valence-electron chi connectivity index (χ4n) is 0.509. The van der Waals surface area contributed by atoms with Crippen LogP contribution in [0.3, 0.4) is 0 Å². The largest absolute Gasteiger partial charge is 0.282 e. The van der Waals surface area contributed by atoms with Crippen LogP contribution in [0.2, 0.25) is 0 Å². The second-order valence-corrected chi connectivity index (χ2v) is 1.77. The lowest BCUT2D eigenvalue weighted by atomic mass is 10.6. The summed E-state index contributed by atoms with van der Waals surface area (Å²) in [6, 6.07) is 1.69. The molecule has 0 aliphatic heterocycles. The van der Waals surface area contributed by atoms with Gasteiger partial charge in [-0.3, -0.25) is 4.84 Å². The molecule has 0 bridgehead atoms. The smallest absolute Gasteiger partial charge is 0.144 e. The maximum atomic E-state index is 5.26. The van der Waals surface area contributed by atoms with Crippen molar-refractivity contribution in [2.75, 3.05) is 4.84 Å². The van der Waals surface area contributed by atoms with Crippen LogP contribution in [0.1, 0.15) is 5.82 Å². The van der Waals surface area contributed by atoms with Crippen molar-refractivity contribution >= 4 is 17.6 Å². The van der Waals surface area contributed by atoms with E-state index in [2.05, 4.69) is 14.8 Å². The highest BCUT2D eigenvalue weighted by atomic mass is 35.5. The van der Waals surface area contributed by atoms with Crippen molar-refractivity contribution in [2.45, 2.75) is 6.92 Å². The number of hydrogen-bond donors (Lipinski definition) is 1. The first-order chi connectivity index (χ1) is 4.33. The van der Waals surface area contributed by atoms with Crippen LogP contribution in [-0.2, 0) is 0 Å². The van der Waals surface area contributed by atoms with Gasteiger partial charge in [0.25, 0.3) is 0 Å². The molecule has 0 amide bonds. The Morgan fingerprint density at radius 2 is 2.44 bits per heavy atom. The summed E-state index contributed by atoms with van der Waals surface area (Å²) < 4.78 is 0. The van der Waals surface area contributed by atoms with Crippen molar-refractivity contribution in [3.63, 3.8) is 0 Å². The Bertz CT molecular complexity index is 201. The second kappa shape index (κ2) is 2.64. The van der Waals surface area contributed by atoms with E-state index in [1.807, 2.05) is 0 Å². The van der Waals surface area contributed by atoms with Crippen LogP contribution in [0.15, 0.2) is 12.3 Å². The van der Waals surface area contributed by atoms with E-state index < -0.39 is 0 Å². The molecule has 0 aliphatic carbocycles. The van der Waals surface area contributed by atoms with E-state index in [-0.39, 0.29) is 0 Å². The first-order valence-corrected chi connectivity index (χ1v) is 2.87. The van der Waals surface area contributed by atoms with Crippen LogP contribution in [-0.4, -0.2) is 9.97 Å². The van der Waals surface area contributed by atoms with Gasteiger partial charge >= 0.3 is 0 Å². The number of nitrogens with one attached hydrogen (secondary N) is 1. The fourth-order valence-corrected chi connectivity index (χ4v) is 0.614. The van der Waals surface area contributed by atoms with E-state index in [4.69, 9.17) is 11.8 Å². The lowest BCUT2D eigenvalue weighted by molar-refractivity contribution is 1.06. The third kappa shape index (κ3) is 1.54. The molecule has 9 heavy (non-hydrogen) atoms. The molecule has 0 aromatic carbocycles. The van der Waals surface area contributed by atoms with Gasteiger partial charge < -0.3 is 0 Å². The Hall–Kier alpha value is -0.830. The molecular formula is C5H6ClN3. The maximum Gasteiger partial charge on any atom is 0.144 e. The molecule has 4 heteroatoms. The first kappa shape index (κ1) is 6.29. The molecule has 3 nitrogen and oxygen atoms in total. The topological polar surface area (TPSA) is 37.8 Å². The van der Waals surface area contributed by atoms with E-state index in [9.17, 15) is 0 Å². The Morgan fingerprint density at radius 1 is 1.67 bits per heavy atom. The summed E-state index contributed by atoms with van der Waals surface area (Å²) in [6.45, 7) is 1.80. The zero-order valence-electron chi connectivity index (χ0n) is 4.93. The summed E-state index contributed by atoms with van der Waals surface area (Å²) in [5, 5.41) is 0. The minimum absolute atomic E-state index is 0.629. The van der Waals surface area contributed by atoms with Gasteiger partial charge in [0.1, 0.15) is 11.6 Å². The number of aryl methyl sites for hydroxylation is 1. The monoisotopic (exact) mass is 143 g/mol. The molecule has 1 N–H and O–H groups in total. The summed E-state index contributed by atoms with van der Waals surface area (Å²) in [4.78, 5) is 10.2. The van der Waals surface area contributed by atoms with E-state index in [0.717, 1.165) is 0 Å². The third-order valence-corrected chi connectivity index (χ3v) is 1.07. The summed E-state index contributed by atoms with van der Waals surface area (Å²) in [5.74, 6) is 1.34. The van der Waals surface area contributed by atoms with Crippen LogP contribution in [0.5, 0.6) is 0 Å². The zero-order chi connectivity index (χ0) is 6.69. The molecule has 0 fully saturated rings. The Morgan fingerprint density at radius 3 is 2.89 bits per heavy atom. The number of halogens is 1. The van der Waals surface area contributed by atoms with E-state index in [1.165, 1.54) is 0 Å². The van der Waals surface area contributed by atoms with Gasteiger partial charge in [-0.25, -0.2) is 9.97 Å². The van der Waals surface area contributed by atoms with Gasteiger partial charge in [-0.05, 0) is 6.92 Å². The lowest BCUT2D eigenvalue weighted by Gasteiger charge is -1.94. The normalized spacial score (nSPS) is 9.11. The highest BCUT2D eigenvalue weighted by molar-refractivity contribution is 6.23. The standard InChI is InChI=1S/C5H6ClN3/c1-4-7-3-2-5(8-4)9-6/h2-3H,1H3,(H,7,8,9). The van der Waals surface area contributed by atoms with Crippen LogP contribution in [0.4, 0.5) is 5.82 Å². The highest BCUT2D eigenvalue weighted by Gasteiger charge is 1.88. The van der Waals surface area contributed by atoms with Gasteiger partial charge in [-0.15, -0.1) is 0 Å². The molecule has 0 radical (unpaired) electrons. The molecule has 0 unspecified atom stereocenters. The first-order valence-electron chi connectivity index (χ1n) is 2.49. The van der Waals surface area contributed by atoms with Crippen molar-refractivity contribution < 1.29 is 0 Å². The van der Waals surface area contributed by atoms with Gasteiger partial charge in [0.2, 0.25) is 0 Å². The quantitative estimate of drug-likeness (QED) is 0.603. The van der Waals surface area contributed by atoms with Crippen molar-refractivity contribution in [3.05, 3.63) is 18.1 Å². The predicted octanol–water partition coefficient (Wildman–Crippen LogP) is 1.35. The molecule has 0 saturated carbocycles. The third-order valence-electron chi connectivity index (χ3n) is 0.873. The van der Waals surface area contributed by atoms with Crippen molar-refractivity contribution in [3.8, 4) is 0 Å². The summed E-state index contributed by atoms with van der Waals surface area (Å²) in [5.41, 5.74) is 0. The molecule has 1 aromatic rings. The summed E-state index contributed by atoms with van der Waals surface area (Å²) in [7, 11) is 0. The van der Waals surface area contributed by atoms with Crippen LogP contribution in [0.25, 0.3) is 0 Å². The molecule has 1 rings (SSSR count). The maximum absolute atomic E-state index is 5.26. The lowest BCUT2D eigenvalue weighted by Crippen LogP contribution is -1.89. The van der Waals surface area contributed by atoms with Gasteiger partial charge in [-0.1, -0.05) is 0 Å². The number of rotatable bonds is 1.